The molecule has 2 saturated heterocycles. The van der Waals surface area contributed by atoms with Crippen molar-refractivity contribution >= 4 is 0 Å². The van der Waals surface area contributed by atoms with Crippen molar-refractivity contribution in [1.82, 2.24) is 24.8 Å². The summed E-state index contributed by atoms with van der Waals surface area (Å²) in [5.41, 5.74) is 1.18. The Morgan fingerprint density at radius 1 is 1.23 bits per heavy atom. The van der Waals surface area contributed by atoms with E-state index in [1.165, 1.54) is 12.4 Å². The van der Waals surface area contributed by atoms with E-state index in [0.29, 0.717) is 17.7 Å². The van der Waals surface area contributed by atoms with Crippen LogP contribution < -0.4 is 10.1 Å². The van der Waals surface area contributed by atoms with Crippen LogP contribution in [0.4, 0.5) is 4.39 Å². The summed E-state index contributed by atoms with van der Waals surface area (Å²) >= 11 is 0. The van der Waals surface area contributed by atoms with Crippen molar-refractivity contribution in [2.45, 2.75) is 56.5 Å². The highest BCUT2D eigenvalue weighted by molar-refractivity contribution is 5.68. The van der Waals surface area contributed by atoms with Crippen LogP contribution in [0, 0.1) is 0 Å². The van der Waals surface area contributed by atoms with Gasteiger partial charge in [-0.1, -0.05) is 0 Å². The quantitative estimate of drug-likeness (QED) is 0.687. The summed E-state index contributed by atoms with van der Waals surface area (Å²) in [4.78, 5) is 12.7. The lowest BCUT2D eigenvalue weighted by atomic mass is 9.85. The van der Waals surface area contributed by atoms with Crippen molar-refractivity contribution in [3.63, 3.8) is 0 Å². The van der Waals surface area contributed by atoms with Gasteiger partial charge in [0.2, 0.25) is 5.88 Å². The van der Waals surface area contributed by atoms with Crippen LogP contribution in [-0.4, -0.2) is 48.0 Å². The van der Waals surface area contributed by atoms with Crippen LogP contribution in [0.15, 0.2) is 49.3 Å². The second kappa shape index (κ2) is 6.77. The van der Waals surface area contributed by atoms with Crippen LogP contribution >= 0.6 is 0 Å². The van der Waals surface area contributed by atoms with Crippen LogP contribution in [0.1, 0.15) is 33.1 Å². The zero-order valence-electron chi connectivity index (χ0n) is 16.9. The van der Waals surface area contributed by atoms with E-state index in [4.69, 9.17) is 4.74 Å². The molecule has 0 saturated carbocycles. The zero-order chi connectivity index (χ0) is 20.9. The van der Waals surface area contributed by atoms with Crippen LogP contribution in [0.5, 0.6) is 11.6 Å². The third-order valence-corrected chi connectivity index (χ3v) is 6.33. The Morgan fingerprint density at radius 2 is 2.10 bits per heavy atom. The summed E-state index contributed by atoms with van der Waals surface area (Å²) in [5, 5.41) is 13.9. The number of hydrogen-bond donors (Lipinski definition) is 2. The molecular formula is C22H24FN5O2. The summed E-state index contributed by atoms with van der Waals surface area (Å²) in [6, 6.07) is 5.28. The van der Waals surface area contributed by atoms with Crippen LogP contribution in [0.3, 0.4) is 0 Å². The lowest BCUT2D eigenvalue weighted by Gasteiger charge is -2.43. The van der Waals surface area contributed by atoms with Crippen molar-refractivity contribution in [3.8, 4) is 28.6 Å². The Bertz CT molecular complexity index is 1060. The summed E-state index contributed by atoms with van der Waals surface area (Å²) < 4.78 is 22.8. The maximum absolute atomic E-state index is 15.1. The van der Waals surface area contributed by atoms with Crippen molar-refractivity contribution in [1.29, 1.82) is 0 Å². The van der Waals surface area contributed by atoms with E-state index in [0.717, 1.165) is 18.5 Å². The Hall–Kier alpha value is -3.00. The molecule has 156 valence electrons. The molecule has 7 nitrogen and oxygen atoms in total. The van der Waals surface area contributed by atoms with Crippen molar-refractivity contribution in [2.24, 2.45) is 0 Å². The Balaban J connectivity index is 1.34. The van der Waals surface area contributed by atoms with Crippen LogP contribution in [0.2, 0.25) is 0 Å². The van der Waals surface area contributed by atoms with Crippen molar-refractivity contribution in [3.05, 3.63) is 49.3 Å². The number of nitrogens with one attached hydrogen (secondary N) is 1. The number of phenolic OH excluding ortho intramolecular Hbond substituents is 1. The first kappa shape index (κ1) is 19.0. The minimum absolute atomic E-state index is 0.0868. The minimum atomic E-state index is -1.12. The molecule has 2 bridgehead atoms. The fourth-order valence-corrected chi connectivity index (χ4v) is 4.75. The molecule has 2 aromatic heterocycles. The number of nitrogens with zero attached hydrogens (tertiary/aromatic N) is 4. The largest absolute Gasteiger partial charge is 0.507 e. The summed E-state index contributed by atoms with van der Waals surface area (Å²) in [7, 11) is 0. The third-order valence-electron chi connectivity index (χ3n) is 6.33. The maximum atomic E-state index is 15.1. The van der Waals surface area contributed by atoms with Gasteiger partial charge < -0.3 is 19.7 Å². The normalized spacial score (nSPS) is 30.4. The van der Waals surface area contributed by atoms with Gasteiger partial charge in [0.25, 0.3) is 0 Å². The Morgan fingerprint density at radius 3 is 2.80 bits per heavy atom. The predicted octanol–water partition coefficient (Wildman–Crippen LogP) is 3.42. The molecule has 0 radical (unpaired) electrons. The number of imidazole rings is 1. The molecule has 2 N–H and O–H groups in total. The number of piperidine rings is 1. The highest BCUT2D eigenvalue weighted by Crippen LogP contribution is 2.44. The molecule has 0 spiro atoms. The van der Waals surface area contributed by atoms with Gasteiger partial charge in [0.1, 0.15) is 11.9 Å². The number of benzene rings is 1. The minimum Gasteiger partial charge on any atom is -0.507 e. The number of aromatic hydroxyl groups is 1. The first-order valence-corrected chi connectivity index (χ1v) is 10.1. The topological polar surface area (TPSA) is 85.1 Å². The van der Waals surface area contributed by atoms with Gasteiger partial charge in [-0.25, -0.2) is 19.3 Å². The van der Waals surface area contributed by atoms with E-state index in [1.54, 1.807) is 35.4 Å². The molecule has 1 aromatic carbocycles. The van der Waals surface area contributed by atoms with E-state index in [1.807, 2.05) is 13.0 Å². The second-order valence-corrected chi connectivity index (χ2v) is 8.78. The van der Waals surface area contributed by atoms with Gasteiger partial charge in [0.05, 0.1) is 35.6 Å². The highest BCUT2D eigenvalue weighted by Gasteiger charge is 2.56. The third kappa shape index (κ3) is 3.21. The average molecular weight is 409 g/mol. The first-order valence-electron chi connectivity index (χ1n) is 10.1. The molecule has 0 amide bonds. The molecule has 3 aromatic rings. The van der Waals surface area contributed by atoms with E-state index in [2.05, 4.69) is 27.2 Å². The van der Waals surface area contributed by atoms with E-state index >= 15 is 4.39 Å². The van der Waals surface area contributed by atoms with Crippen molar-refractivity contribution in [2.75, 3.05) is 0 Å². The van der Waals surface area contributed by atoms with Gasteiger partial charge in [0, 0.05) is 36.0 Å². The van der Waals surface area contributed by atoms with Gasteiger partial charge in [-0.2, -0.15) is 0 Å². The fourth-order valence-electron chi connectivity index (χ4n) is 4.75. The number of phenols is 1. The first-order chi connectivity index (χ1) is 14.4. The molecule has 4 heterocycles. The molecule has 8 heteroatoms. The molecule has 4 atom stereocenters. The predicted molar refractivity (Wildman–Crippen MR) is 109 cm³/mol. The number of rotatable bonds is 4. The van der Waals surface area contributed by atoms with Crippen LogP contribution in [0.25, 0.3) is 16.9 Å². The number of ether oxygens (including phenoxy) is 1. The molecule has 2 aliphatic heterocycles. The molecule has 30 heavy (non-hydrogen) atoms. The fraction of sp³-hybridized carbons (Fsp3) is 0.409. The number of hydrogen-bond acceptors (Lipinski definition) is 6. The van der Waals surface area contributed by atoms with Crippen LogP contribution in [-0.2, 0) is 0 Å². The van der Waals surface area contributed by atoms with Gasteiger partial charge in [-0.3, -0.25) is 0 Å². The van der Waals surface area contributed by atoms with Gasteiger partial charge in [-0.05, 0) is 38.8 Å². The Labute approximate surface area is 174 Å². The van der Waals surface area contributed by atoms with Gasteiger partial charge in [-0.15, -0.1) is 0 Å². The SMILES string of the molecule is C[C@]12CC[C@](C)(N1)[C@H](F)[C@H](Oc1cnc(-c3ccc(-n4ccnc4)cc3O)cn1)C2. The average Bonchev–Trinajstić information content (AvgIpc) is 3.34. The Kier molecular flexibility index (Phi) is 4.28. The lowest BCUT2D eigenvalue weighted by molar-refractivity contribution is -0.00927. The molecule has 2 fully saturated rings. The van der Waals surface area contributed by atoms with E-state index < -0.39 is 17.8 Å². The zero-order valence-corrected chi connectivity index (χ0v) is 16.9. The molecule has 5 rings (SSSR count). The second-order valence-electron chi connectivity index (χ2n) is 8.78. The summed E-state index contributed by atoms with van der Waals surface area (Å²) in [5.74, 6) is 0.373. The standard InChI is InChI=1S/C22H24FN5O2/c1-21-5-6-22(2,27-21)20(23)18(10-21)30-19-12-25-16(11-26-19)15-4-3-14(9-17(15)29)28-8-7-24-13-28/h3-4,7-9,11-13,18,20,27,29H,5-6,10H2,1-2H3/t18-,20-,21-,22+/m1/s1. The van der Waals surface area contributed by atoms with E-state index in [-0.39, 0.29) is 17.2 Å². The van der Waals surface area contributed by atoms with Crippen molar-refractivity contribution < 1.29 is 14.2 Å². The van der Waals surface area contributed by atoms with Gasteiger partial charge in [0.15, 0.2) is 6.17 Å². The lowest BCUT2D eigenvalue weighted by Crippen LogP contribution is -2.63. The highest BCUT2D eigenvalue weighted by atomic mass is 19.1. The number of fused-ring (bicyclic) bond motifs is 2. The number of aromatic nitrogens is 4. The molecule has 2 aliphatic rings. The number of halogens is 1. The summed E-state index contributed by atoms with van der Waals surface area (Å²) in [6.45, 7) is 4.04. The molecular weight excluding hydrogens is 385 g/mol. The molecule has 0 unspecified atom stereocenters. The smallest absolute Gasteiger partial charge is 0.232 e. The monoisotopic (exact) mass is 409 g/mol. The van der Waals surface area contributed by atoms with Gasteiger partial charge >= 0.3 is 0 Å². The number of alkyl halides is 1. The van der Waals surface area contributed by atoms with E-state index in [9.17, 15) is 5.11 Å². The maximum Gasteiger partial charge on any atom is 0.232 e. The molecule has 0 aliphatic carbocycles. The summed E-state index contributed by atoms with van der Waals surface area (Å²) in [6.07, 6.45) is 8.79.